The Bertz CT molecular complexity index is 416. The van der Waals surface area contributed by atoms with Crippen LogP contribution in [0.4, 0.5) is 0 Å². The molecular weight excluding hydrogens is 478 g/mol. The zero-order chi connectivity index (χ0) is 14.6. The number of halogens is 2. The van der Waals surface area contributed by atoms with Crippen molar-refractivity contribution in [3.8, 4) is 0 Å². The van der Waals surface area contributed by atoms with Gasteiger partial charge in [0.05, 0.1) is 0 Å². The number of hydrogen-bond donors (Lipinski definition) is 0. The van der Waals surface area contributed by atoms with Gasteiger partial charge in [-0.2, -0.15) is 0 Å². The van der Waals surface area contributed by atoms with E-state index in [2.05, 4.69) is 43.9 Å². The number of hydrogen-bond acceptors (Lipinski definition) is 2. The topological polar surface area (TPSA) is 12.5 Å². The summed E-state index contributed by atoms with van der Waals surface area (Å²) in [7, 11) is 16.8. The molecule has 108 valence electrons. The van der Waals surface area contributed by atoms with Crippen molar-refractivity contribution >= 4 is 39.7 Å². The maximum absolute atomic E-state index is 6.34. The van der Waals surface area contributed by atoms with E-state index < -0.39 is 19.4 Å². The molecule has 0 heterocycles. The van der Waals surface area contributed by atoms with Gasteiger partial charge in [0.25, 0.3) is 0 Å². The first kappa shape index (κ1) is 17.7. The van der Waals surface area contributed by atoms with E-state index >= 15 is 0 Å². The normalized spacial score (nSPS) is 12.5. The van der Waals surface area contributed by atoms with Crippen LogP contribution in [0.15, 0.2) is 18.2 Å². The predicted octanol–water partition coefficient (Wildman–Crippen LogP) is 3.24. The fraction of sp³-hybridized carbons (Fsp3) is 0.571. The van der Waals surface area contributed by atoms with Crippen LogP contribution in [0.3, 0.4) is 0 Å². The molecule has 1 aromatic carbocycles. The molecule has 0 aliphatic heterocycles. The van der Waals surface area contributed by atoms with E-state index in [1.165, 1.54) is 8.83 Å². The SMILES string of the molecule is CN(C)Cc1cccc(COC(C)(C)C)[c]1[Bi]([Cl])[Cl]. The molecule has 0 bridgehead atoms. The summed E-state index contributed by atoms with van der Waals surface area (Å²) < 4.78 is 7.05. The molecule has 0 saturated heterocycles. The van der Waals surface area contributed by atoms with E-state index in [1.807, 2.05) is 14.1 Å². The van der Waals surface area contributed by atoms with Crippen LogP contribution in [0.2, 0.25) is 0 Å². The molecule has 0 aliphatic rings. The first-order valence-electron chi connectivity index (χ1n) is 6.22. The Balaban J connectivity index is 3.03. The van der Waals surface area contributed by atoms with Gasteiger partial charge in [0.2, 0.25) is 0 Å². The van der Waals surface area contributed by atoms with Gasteiger partial charge >= 0.3 is 132 Å². The molecule has 0 aliphatic carbocycles. The third-order valence-corrected chi connectivity index (χ3v) is 9.03. The average molecular weight is 500 g/mol. The summed E-state index contributed by atoms with van der Waals surface area (Å²) in [6.07, 6.45) is 0. The fourth-order valence-electron chi connectivity index (χ4n) is 1.74. The van der Waals surface area contributed by atoms with Crippen LogP contribution in [0.1, 0.15) is 31.9 Å². The molecule has 1 rings (SSSR count). The number of ether oxygens (including phenoxy) is 1. The zero-order valence-electron chi connectivity index (χ0n) is 12.2. The van der Waals surface area contributed by atoms with Gasteiger partial charge in [-0.05, 0) is 0 Å². The first-order valence-corrected chi connectivity index (χ1v) is 16.5. The molecule has 0 amide bonds. The summed E-state index contributed by atoms with van der Waals surface area (Å²) in [6, 6.07) is 6.25. The standard InChI is InChI=1S/C14H22NO.Bi.2ClH/c1-14(2,3)16-11-13-8-6-7-12(9-13)10-15(4)5;;;/h6-8H,10-11H2,1-5H3;;2*1H/q;+2;;/p-2. The van der Waals surface area contributed by atoms with Gasteiger partial charge in [-0.15, -0.1) is 0 Å². The second-order valence-electron chi connectivity index (χ2n) is 5.80. The molecule has 0 atom stereocenters. The molecule has 0 radical (unpaired) electrons. The Kier molecular flexibility index (Phi) is 7.03. The summed E-state index contributed by atoms with van der Waals surface area (Å²) in [5.41, 5.74) is 2.23. The second kappa shape index (κ2) is 7.57. The Hall–Kier alpha value is 0.603. The Morgan fingerprint density at radius 1 is 1.16 bits per heavy atom. The Morgan fingerprint density at radius 3 is 2.21 bits per heavy atom. The summed E-state index contributed by atoms with van der Waals surface area (Å²) >= 11 is -2.56. The summed E-state index contributed by atoms with van der Waals surface area (Å²) in [6.45, 7) is 7.60. The van der Waals surface area contributed by atoms with E-state index in [1.54, 1.807) is 0 Å². The minimum atomic E-state index is -2.56. The monoisotopic (exact) mass is 499 g/mol. The number of nitrogens with zero attached hydrogens (tertiary/aromatic N) is 1. The molecular formula is C14H22BiCl2NO. The van der Waals surface area contributed by atoms with E-state index in [9.17, 15) is 0 Å². The summed E-state index contributed by atoms with van der Waals surface area (Å²) in [5, 5.41) is 0. The maximum atomic E-state index is 6.34. The van der Waals surface area contributed by atoms with Gasteiger partial charge in [-0.25, -0.2) is 0 Å². The van der Waals surface area contributed by atoms with Crippen LogP contribution >= 0.6 is 17.0 Å². The Labute approximate surface area is 131 Å². The second-order valence-corrected chi connectivity index (χ2v) is 16.8. The molecule has 2 nitrogen and oxygen atoms in total. The van der Waals surface area contributed by atoms with Crippen molar-refractivity contribution in [2.45, 2.75) is 39.5 Å². The van der Waals surface area contributed by atoms with Crippen molar-refractivity contribution in [3.63, 3.8) is 0 Å². The van der Waals surface area contributed by atoms with E-state index in [0.717, 1.165) is 12.1 Å². The molecule has 5 heteroatoms. The zero-order valence-corrected chi connectivity index (χ0v) is 17.2. The minimum absolute atomic E-state index is 0.155. The van der Waals surface area contributed by atoms with Crippen molar-refractivity contribution < 1.29 is 4.74 Å². The summed E-state index contributed by atoms with van der Waals surface area (Å²) in [4.78, 5) is 2.13. The van der Waals surface area contributed by atoms with Gasteiger partial charge in [-0.1, -0.05) is 0 Å². The fourth-order valence-corrected chi connectivity index (χ4v) is 8.34. The first-order chi connectivity index (χ1) is 8.70. The van der Waals surface area contributed by atoms with Crippen LogP contribution in [-0.4, -0.2) is 44.0 Å². The van der Waals surface area contributed by atoms with E-state index in [0.29, 0.717) is 6.61 Å². The molecule has 1 aromatic rings. The van der Waals surface area contributed by atoms with Crippen LogP contribution in [0.25, 0.3) is 0 Å². The molecule has 0 spiro atoms. The number of benzene rings is 1. The van der Waals surface area contributed by atoms with Crippen LogP contribution in [-0.2, 0) is 17.9 Å². The van der Waals surface area contributed by atoms with Crippen molar-refractivity contribution in [3.05, 3.63) is 29.3 Å². The predicted molar refractivity (Wildman–Crippen MR) is 85.5 cm³/mol. The Morgan fingerprint density at radius 2 is 1.74 bits per heavy atom. The number of rotatable bonds is 5. The molecule has 0 saturated carbocycles. The van der Waals surface area contributed by atoms with E-state index in [-0.39, 0.29) is 5.60 Å². The van der Waals surface area contributed by atoms with Crippen molar-refractivity contribution in [1.82, 2.24) is 4.90 Å². The average Bonchev–Trinajstić information content (AvgIpc) is 2.24. The van der Waals surface area contributed by atoms with Gasteiger partial charge in [0.15, 0.2) is 0 Å². The molecule has 0 aromatic heterocycles. The quantitative estimate of drug-likeness (QED) is 0.577. The van der Waals surface area contributed by atoms with Gasteiger partial charge in [0, 0.05) is 0 Å². The third-order valence-electron chi connectivity index (χ3n) is 2.52. The molecule has 0 fully saturated rings. The molecule has 19 heavy (non-hydrogen) atoms. The van der Waals surface area contributed by atoms with Crippen molar-refractivity contribution in [2.24, 2.45) is 0 Å². The van der Waals surface area contributed by atoms with Crippen molar-refractivity contribution in [2.75, 3.05) is 14.1 Å². The van der Waals surface area contributed by atoms with Crippen LogP contribution < -0.4 is 3.27 Å². The third kappa shape index (κ3) is 6.27. The van der Waals surface area contributed by atoms with Crippen molar-refractivity contribution in [1.29, 1.82) is 0 Å². The molecule has 0 N–H and O–H groups in total. The van der Waals surface area contributed by atoms with Crippen LogP contribution in [0, 0.1) is 0 Å². The van der Waals surface area contributed by atoms with Gasteiger partial charge in [0.1, 0.15) is 0 Å². The van der Waals surface area contributed by atoms with Crippen LogP contribution in [0.5, 0.6) is 0 Å². The van der Waals surface area contributed by atoms with E-state index in [4.69, 9.17) is 21.8 Å². The summed E-state index contributed by atoms with van der Waals surface area (Å²) in [5.74, 6) is 0. The van der Waals surface area contributed by atoms with Gasteiger partial charge in [-0.3, -0.25) is 0 Å². The molecule has 0 unspecified atom stereocenters. The van der Waals surface area contributed by atoms with Gasteiger partial charge < -0.3 is 0 Å².